The Bertz CT molecular complexity index is 1570. The number of fused-ring (bicyclic) bond motifs is 1. The van der Waals surface area contributed by atoms with Crippen molar-refractivity contribution in [3.63, 3.8) is 0 Å². The molecule has 2 aromatic carbocycles. The lowest BCUT2D eigenvalue weighted by atomic mass is 10.1. The number of amides is 1. The zero-order valence-corrected chi connectivity index (χ0v) is 19.1. The van der Waals surface area contributed by atoms with Crippen LogP contribution in [-0.2, 0) is 4.79 Å². The quantitative estimate of drug-likeness (QED) is 0.233. The average Bonchev–Trinajstić information content (AvgIpc) is 3.38. The topological polar surface area (TPSA) is 144 Å². The highest BCUT2D eigenvalue weighted by Gasteiger charge is 2.12. The minimum absolute atomic E-state index is 0.148. The Balaban J connectivity index is 1.53. The third kappa shape index (κ3) is 4.69. The molecule has 5 rings (SSSR count). The fourth-order valence-corrected chi connectivity index (χ4v) is 4.25. The van der Waals surface area contributed by atoms with E-state index in [0.717, 1.165) is 16.2 Å². The molecule has 0 saturated carbocycles. The highest BCUT2D eigenvalue weighted by molar-refractivity contribution is 7.99. The zero-order chi connectivity index (χ0) is 23.7. The lowest BCUT2D eigenvalue weighted by molar-refractivity contribution is -0.114. The van der Waals surface area contributed by atoms with E-state index in [2.05, 4.69) is 36.0 Å². The molecule has 34 heavy (non-hydrogen) atoms. The number of H-pyrrole nitrogens is 3. The molecule has 170 valence electrons. The predicted molar refractivity (Wildman–Crippen MR) is 131 cm³/mol. The van der Waals surface area contributed by atoms with Crippen molar-refractivity contribution in [3.05, 3.63) is 70.6 Å². The van der Waals surface area contributed by atoms with Gasteiger partial charge in [0.05, 0.1) is 16.6 Å². The molecule has 0 saturated heterocycles. The fraction of sp³-hybridized carbons (Fsp3) is 0.0870. The van der Waals surface area contributed by atoms with Crippen LogP contribution in [0, 0.1) is 6.92 Å². The van der Waals surface area contributed by atoms with Crippen molar-refractivity contribution in [2.24, 2.45) is 0 Å². The van der Waals surface area contributed by atoms with Crippen molar-refractivity contribution >= 4 is 45.9 Å². The largest absolute Gasteiger partial charge is 0.326 e. The molecule has 10 nitrogen and oxygen atoms in total. The van der Waals surface area contributed by atoms with Gasteiger partial charge in [0.2, 0.25) is 5.91 Å². The van der Waals surface area contributed by atoms with Gasteiger partial charge in [-0.2, -0.15) is 5.10 Å². The lowest BCUT2D eigenvalue weighted by Crippen LogP contribution is -2.05. The van der Waals surface area contributed by atoms with Crippen LogP contribution in [-0.4, -0.2) is 36.3 Å². The summed E-state index contributed by atoms with van der Waals surface area (Å²) in [5.74, 6) is 1.06. The Kier molecular flexibility index (Phi) is 5.60. The van der Waals surface area contributed by atoms with E-state index in [4.69, 9.17) is 4.98 Å². The number of carbonyl (C=O) groups excluding carboxylic acids is 1. The summed E-state index contributed by atoms with van der Waals surface area (Å²) in [6.45, 7) is 3.38. The van der Waals surface area contributed by atoms with Gasteiger partial charge in [-0.25, -0.2) is 9.97 Å². The number of hydrogen-bond donors (Lipinski definition) is 5. The second kappa shape index (κ2) is 8.87. The number of nitrogens with one attached hydrogen (secondary N) is 5. The van der Waals surface area contributed by atoms with Gasteiger partial charge in [0, 0.05) is 40.9 Å². The van der Waals surface area contributed by atoms with Crippen LogP contribution in [0.25, 0.3) is 22.2 Å². The SMILES string of the molecule is CC(=O)Nc1cccc(-c2cc(Nc3cc(C)[nH]n3)nc(Sc3ccc4c(=O)[nH][nH]c4c3)n2)c1. The number of aryl methyl sites for hydroxylation is 1. The average molecular weight is 473 g/mol. The van der Waals surface area contributed by atoms with Crippen LogP contribution in [0.15, 0.2) is 69.4 Å². The normalized spacial score (nSPS) is 11.0. The summed E-state index contributed by atoms with van der Waals surface area (Å²) >= 11 is 1.37. The van der Waals surface area contributed by atoms with Gasteiger partial charge >= 0.3 is 0 Å². The first kappa shape index (κ1) is 21.5. The summed E-state index contributed by atoms with van der Waals surface area (Å²) < 4.78 is 0. The number of aromatic amines is 3. The summed E-state index contributed by atoms with van der Waals surface area (Å²) in [7, 11) is 0. The molecule has 0 aliphatic heterocycles. The van der Waals surface area contributed by atoms with E-state index in [-0.39, 0.29) is 11.5 Å². The van der Waals surface area contributed by atoms with Crippen molar-refractivity contribution in [3.8, 4) is 11.3 Å². The lowest BCUT2D eigenvalue weighted by Gasteiger charge is -2.10. The van der Waals surface area contributed by atoms with Gasteiger partial charge in [0.1, 0.15) is 5.82 Å². The van der Waals surface area contributed by atoms with Crippen LogP contribution in [0.1, 0.15) is 12.6 Å². The minimum Gasteiger partial charge on any atom is -0.326 e. The molecule has 0 radical (unpaired) electrons. The van der Waals surface area contributed by atoms with E-state index < -0.39 is 0 Å². The molecule has 1 amide bonds. The molecular weight excluding hydrogens is 452 g/mol. The molecule has 11 heteroatoms. The highest BCUT2D eigenvalue weighted by atomic mass is 32.2. The molecule has 0 spiro atoms. The van der Waals surface area contributed by atoms with Crippen LogP contribution in [0.5, 0.6) is 0 Å². The van der Waals surface area contributed by atoms with Gasteiger partial charge in [0.15, 0.2) is 11.0 Å². The number of hydrogen-bond acceptors (Lipinski definition) is 7. The number of rotatable bonds is 6. The molecule has 3 aromatic heterocycles. The molecule has 5 aromatic rings. The Labute approximate surface area is 197 Å². The maximum atomic E-state index is 11.8. The Morgan fingerprint density at radius 3 is 2.68 bits per heavy atom. The van der Waals surface area contributed by atoms with E-state index in [1.165, 1.54) is 18.7 Å². The number of benzene rings is 2. The molecule has 0 fully saturated rings. The zero-order valence-electron chi connectivity index (χ0n) is 18.3. The van der Waals surface area contributed by atoms with E-state index in [1.807, 2.05) is 55.5 Å². The Hall–Kier alpha value is -4.38. The van der Waals surface area contributed by atoms with Crippen molar-refractivity contribution in [1.29, 1.82) is 0 Å². The van der Waals surface area contributed by atoms with Gasteiger partial charge in [-0.05, 0) is 49.0 Å². The number of aromatic nitrogens is 6. The molecular formula is C23H20N8O2S. The maximum absolute atomic E-state index is 11.8. The van der Waals surface area contributed by atoms with Crippen molar-refractivity contribution in [2.45, 2.75) is 23.9 Å². The number of carbonyl (C=O) groups is 1. The molecule has 0 bridgehead atoms. The standard InChI is InChI=1S/C23H20N8O2S/c1-12-8-21(30-28-12)26-20-11-18(14-4-3-5-15(9-14)24-13(2)32)25-23(27-20)34-16-6-7-17-19(10-16)29-31-22(17)33/h3-11H,1-2H3,(H,24,32)(H2,29,31,33)(H2,25,26,27,28,30). The summed E-state index contributed by atoms with van der Waals surface area (Å²) in [5.41, 5.74) is 3.64. The molecule has 0 atom stereocenters. The van der Waals surface area contributed by atoms with Crippen LogP contribution < -0.4 is 16.2 Å². The second-order valence-corrected chi connectivity index (χ2v) is 8.67. The predicted octanol–water partition coefficient (Wildman–Crippen LogP) is 4.20. The first-order chi connectivity index (χ1) is 16.4. The van der Waals surface area contributed by atoms with Crippen molar-refractivity contribution in [1.82, 2.24) is 30.4 Å². The van der Waals surface area contributed by atoms with E-state index in [0.29, 0.717) is 39.1 Å². The van der Waals surface area contributed by atoms with Gasteiger partial charge in [0.25, 0.3) is 5.56 Å². The van der Waals surface area contributed by atoms with E-state index in [9.17, 15) is 9.59 Å². The van der Waals surface area contributed by atoms with Crippen LogP contribution in [0.3, 0.4) is 0 Å². The van der Waals surface area contributed by atoms with Crippen LogP contribution in [0.4, 0.5) is 17.3 Å². The molecule has 5 N–H and O–H groups in total. The summed E-state index contributed by atoms with van der Waals surface area (Å²) in [6.07, 6.45) is 0. The molecule has 0 unspecified atom stereocenters. The van der Waals surface area contributed by atoms with Gasteiger partial charge < -0.3 is 10.6 Å². The second-order valence-electron chi connectivity index (χ2n) is 7.63. The smallest absolute Gasteiger partial charge is 0.271 e. The third-order valence-electron chi connectivity index (χ3n) is 4.90. The third-order valence-corrected chi connectivity index (χ3v) is 5.76. The molecule has 0 aliphatic rings. The summed E-state index contributed by atoms with van der Waals surface area (Å²) in [5, 5.41) is 19.7. The van der Waals surface area contributed by atoms with Crippen molar-refractivity contribution in [2.75, 3.05) is 10.6 Å². The summed E-state index contributed by atoms with van der Waals surface area (Å²) in [6, 6.07) is 16.6. The maximum Gasteiger partial charge on any atom is 0.271 e. The van der Waals surface area contributed by atoms with Crippen LogP contribution in [0.2, 0.25) is 0 Å². The highest BCUT2D eigenvalue weighted by Crippen LogP contribution is 2.31. The molecule has 0 aliphatic carbocycles. The van der Waals surface area contributed by atoms with E-state index in [1.54, 1.807) is 6.07 Å². The fourth-order valence-electron chi connectivity index (χ4n) is 3.44. The van der Waals surface area contributed by atoms with Gasteiger partial charge in [-0.15, -0.1) is 0 Å². The Morgan fingerprint density at radius 2 is 1.88 bits per heavy atom. The van der Waals surface area contributed by atoms with Gasteiger partial charge in [-0.3, -0.25) is 24.9 Å². The van der Waals surface area contributed by atoms with Gasteiger partial charge in [-0.1, -0.05) is 12.1 Å². The number of nitrogens with zero attached hydrogens (tertiary/aromatic N) is 3. The monoisotopic (exact) mass is 472 g/mol. The number of anilines is 3. The first-order valence-corrected chi connectivity index (χ1v) is 11.2. The Morgan fingerprint density at radius 1 is 1.00 bits per heavy atom. The van der Waals surface area contributed by atoms with Crippen LogP contribution >= 0.6 is 11.8 Å². The molecule has 3 heterocycles. The first-order valence-electron chi connectivity index (χ1n) is 10.4. The summed E-state index contributed by atoms with van der Waals surface area (Å²) in [4.78, 5) is 33.6. The van der Waals surface area contributed by atoms with Crippen molar-refractivity contribution < 1.29 is 4.79 Å². The minimum atomic E-state index is -0.162. The van der Waals surface area contributed by atoms with E-state index >= 15 is 0 Å².